The van der Waals surface area contributed by atoms with Crippen molar-refractivity contribution < 1.29 is 19.1 Å². The Kier molecular flexibility index (Phi) is 6.99. The van der Waals surface area contributed by atoms with Gasteiger partial charge in [-0.1, -0.05) is 17.7 Å². The Balaban J connectivity index is 1.65. The molecule has 0 aliphatic carbocycles. The van der Waals surface area contributed by atoms with Gasteiger partial charge in [0.1, 0.15) is 0 Å². The monoisotopic (exact) mass is 416 g/mol. The molecule has 0 N–H and O–H groups in total. The van der Waals surface area contributed by atoms with Crippen molar-refractivity contribution in [1.82, 2.24) is 9.80 Å². The van der Waals surface area contributed by atoms with Gasteiger partial charge in [-0.05, 0) is 50.2 Å². The Bertz CT molecular complexity index is 879. The summed E-state index contributed by atoms with van der Waals surface area (Å²) in [5.74, 6) is 1.04. The molecule has 3 rings (SSSR count). The van der Waals surface area contributed by atoms with Crippen molar-refractivity contribution in [2.75, 3.05) is 39.4 Å². The minimum absolute atomic E-state index is 0.0701. The van der Waals surface area contributed by atoms with Gasteiger partial charge in [0.25, 0.3) is 11.8 Å². The number of benzene rings is 2. The van der Waals surface area contributed by atoms with Crippen LogP contribution in [0.4, 0.5) is 0 Å². The average Bonchev–Trinajstić information content (AvgIpc) is 2.74. The van der Waals surface area contributed by atoms with Crippen molar-refractivity contribution in [3.8, 4) is 11.5 Å². The molecule has 0 unspecified atom stereocenters. The largest absolute Gasteiger partial charge is 0.490 e. The fourth-order valence-electron chi connectivity index (χ4n) is 3.28. The topological polar surface area (TPSA) is 59.1 Å². The van der Waals surface area contributed by atoms with E-state index in [4.69, 9.17) is 21.1 Å². The predicted octanol–water partition coefficient (Wildman–Crippen LogP) is 3.74. The lowest BCUT2D eigenvalue weighted by Gasteiger charge is -2.35. The number of amides is 2. The zero-order valence-corrected chi connectivity index (χ0v) is 17.4. The lowest BCUT2D eigenvalue weighted by Crippen LogP contribution is -2.50. The molecule has 2 amide bonds. The molecule has 1 aliphatic rings. The lowest BCUT2D eigenvalue weighted by atomic mass is 10.1. The van der Waals surface area contributed by atoms with Crippen LogP contribution in [0.15, 0.2) is 42.5 Å². The summed E-state index contributed by atoms with van der Waals surface area (Å²) in [6.07, 6.45) is 0. The molecule has 29 heavy (non-hydrogen) atoms. The second-order valence-electron chi connectivity index (χ2n) is 6.62. The van der Waals surface area contributed by atoms with Crippen LogP contribution < -0.4 is 9.47 Å². The molecule has 0 aromatic heterocycles. The third kappa shape index (κ3) is 5.01. The Labute approximate surface area is 176 Å². The SMILES string of the molecule is CCOc1ccc(C(=O)N2CCN(C(=O)c3cccc(Cl)c3)CC2)cc1OCC. The van der Waals surface area contributed by atoms with Gasteiger partial charge in [-0.3, -0.25) is 9.59 Å². The minimum atomic E-state index is -0.0798. The number of carbonyl (C=O) groups excluding carboxylic acids is 2. The van der Waals surface area contributed by atoms with Crippen LogP contribution in [0, 0.1) is 0 Å². The van der Waals surface area contributed by atoms with Gasteiger partial charge in [0, 0.05) is 42.3 Å². The van der Waals surface area contributed by atoms with Crippen LogP contribution in [-0.2, 0) is 0 Å². The first-order valence-electron chi connectivity index (χ1n) is 9.77. The van der Waals surface area contributed by atoms with E-state index in [-0.39, 0.29) is 11.8 Å². The molecule has 1 aliphatic heterocycles. The number of ether oxygens (including phenoxy) is 2. The highest BCUT2D eigenvalue weighted by atomic mass is 35.5. The summed E-state index contributed by atoms with van der Waals surface area (Å²) in [5.41, 5.74) is 1.11. The van der Waals surface area contributed by atoms with Gasteiger partial charge in [-0.15, -0.1) is 0 Å². The zero-order valence-electron chi connectivity index (χ0n) is 16.7. The van der Waals surface area contributed by atoms with Gasteiger partial charge in [-0.2, -0.15) is 0 Å². The molecule has 6 nitrogen and oxygen atoms in total. The molecule has 1 saturated heterocycles. The maximum absolute atomic E-state index is 12.9. The molecule has 7 heteroatoms. The summed E-state index contributed by atoms with van der Waals surface area (Å²) in [6, 6.07) is 12.2. The van der Waals surface area contributed by atoms with Gasteiger partial charge in [0.2, 0.25) is 0 Å². The molecular formula is C22H25ClN2O4. The molecule has 2 aromatic carbocycles. The molecule has 0 atom stereocenters. The molecule has 0 saturated carbocycles. The zero-order chi connectivity index (χ0) is 20.8. The van der Waals surface area contributed by atoms with E-state index in [1.807, 2.05) is 13.8 Å². The van der Waals surface area contributed by atoms with Crippen molar-refractivity contribution in [2.24, 2.45) is 0 Å². The minimum Gasteiger partial charge on any atom is -0.490 e. The van der Waals surface area contributed by atoms with Crippen molar-refractivity contribution in [3.05, 3.63) is 58.6 Å². The number of carbonyl (C=O) groups is 2. The van der Waals surface area contributed by atoms with Gasteiger partial charge in [0.15, 0.2) is 11.5 Å². The summed E-state index contributed by atoms with van der Waals surface area (Å²) in [6.45, 7) is 6.71. The van der Waals surface area contributed by atoms with E-state index < -0.39 is 0 Å². The molecule has 154 valence electrons. The van der Waals surface area contributed by atoms with Gasteiger partial charge in [-0.25, -0.2) is 0 Å². The van der Waals surface area contributed by atoms with E-state index in [9.17, 15) is 9.59 Å². The Morgan fingerprint density at radius 2 is 1.38 bits per heavy atom. The predicted molar refractivity (Wildman–Crippen MR) is 112 cm³/mol. The normalized spacial score (nSPS) is 13.9. The van der Waals surface area contributed by atoms with E-state index in [1.165, 1.54) is 0 Å². The highest BCUT2D eigenvalue weighted by Crippen LogP contribution is 2.29. The van der Waals surface area contributed by atoms with Crippen LogP contribution in [0.1, 0.15) is 34.6 Å². The molecule has 2 aromatic rings. The molecular weight excluding hydrogens is 392 g/mol. The highest BCUT2D eigenvalue weighted by molar-refractivity contribution is 6.30. The van der Waals surface area contributed by atoms with Gasteiger partial charge >= 0.3 is 0 Å². The number of hydrogen-bond donors (Lipinski definition) is 0. The van der Waals surface area contributed by atoms with Crippen LogP contribution in [0.3, 0.4) is 0 Å². The number of piperazine rings is 1. The van der Waals surface area contributed by atoms with Gasteiger partial charge in [0.05, 0.1) is 13.2 Å². The molecule has 1 fully saturated rings. The van der Waals surface area contributed by atoms with Crippen LogP contribution in [0.25, 0.3) is 0 Å². The Morgan fingerprint density at radius 3 is 1.93 bits per heavy atom. The lowest BCUT2D eigenvalue weighted by molar-refractivity contribution is 0.0535. The van der Waals surface area contributed by atoms with E-state index in [0.29, 0.717) is 67.0 Å². The second-order valence-corrected chi connectivity index (χ2v) is 7.06. The Hall–Kier alpha value is -2.73. The summed E-state index contributed by atoms with van der Waals surface area (Å²) in [4.78, 5) is 29.1. The maximum Gasteiger partial charge on any atom is 0.254 e. The molecule has 0 bridgehead atoms. The van der Waals surface area contributed by atoms with E-state index >= 15 is 0 Å². The number of hydrogen-bond acceptors (Lipinski definition) is 4. The van der Waals surface area contributed by atoms with Crippen LogP contribution in [0.2, 0.25) is 5.02 Å². The molecule has 0 radical (unpaired) electrons. The smallest absolute Gasteiger partial charge is 0.254 e. The van der Waals surface area contributed by atoms with Crippen molar-refractivity contribution >= 4 is 23.4 Å². The van der Waals surface area contributed by atoms with E-state index in [2.05, 4.69) is 0 Å². The maximum atomic E-state index is 12.9. The van der Waals surface area contributed by atoms with Crippen LogP contribution in [-0.4, -0.2) is 61.0 Å². The number of nitrogens with zero attached hydrogens (tertiary/aromatic N) is 2. The summed E-state index contributed by atoms with van der Waals surface area (Å²) >= 11 is 5.98. The number of rotatable bonds is 6. The third-order valence-corrected chi connectivity index (χ3v) is 4.95. The first-order chi connectivity index (χ1) is 14.0. The first-order valence-corrected chi connectivity index (χ1v) is 10.1. The summed E-state index contributed by atoms with van der Waals surface area (Å²) in [5, 5.41) is 0.533. The highest BCUT2D eigenvalue weighted by Gasteiger charge is 2.26. The fraction of sp³-hybridized carbons (Fsp3) is 0.364. The first kappa shape index (κ1) is 21.0. The van der Waals surface area contributed by atoms with Crippen LogP contribution >= 0.6 is 11.6 Å². The Morgan fingerprint density at radius 1 is 0.828 bits per heavy atom. The van der Waals surface area contributed by atoms with E-state index in [1.54, 1.807) is 52.3 Å². The fourth-order valence-corrected chi connectivity index (χ4v) is 3.47. The van der Waals surface area contributed by atoms with Gasteiger partial charge < -0.3 is 19.3 Å². The second kappa shape index (κ2) is 9.65. The molecule has 0 spiro atoms. The molecule has 1 heterocycles. The van der Waals surface area contributed by atoms with Crippen molar-refractivity contribution in [1.29, 1.82) is 0 Å². The van der Waals surface area contributed by atoms with E-state index in [0.717, 1.165) is 0 Å². The third-order valence-electron chi connectivity index (χ3n) is 4.72. The quantitative estimate of drug-likeness (QED) is 0.719. The average molecular weight is 417 g/mol. The number of halogens is 1. The standard InChI is InChI=1S/C22H25ClN2O4/c1-3-28-19-9-8-17(15-20(19)29-4-2)22(27)25-12-10-24(11-13-25)21(26)16-6-5-7-18(23)14-16/h5-9,14-15H,3-4,10-13H2,1-2H3. The summed E-state index contributed by atoms with van der Waals surface area (Å²) in [7, 11) is 0. The summed E-state index contributed by atoms with van der Waals surface area (Å²) < 4.78 is 11.2. The van der Waals surface area contributed by atoms with Crippen molar-refractivity contribution in [3.63, 3.8) is 0 Å². The van der Waals surface area contributed by atoms with Crippen LogP contribution in [0.5, 0.6) is 11.5 Å². The van der Waals surface area contributed by atoms with Crippen molar-refractivity contribution in [2.45, 2.75) is 13.8 Å².